The summed E-state index contributed by atoms with van der Waals surface area (Å²) in [5.41, 5.74) is -0.789. The molecular weight excluding hydrogens is 432 g/mol. The summed E-state index contributed by atoms with van der Waals surface area (Å²) in [5, 5.41) is -0.524. The summed E-state index contributed by atoms with van der Waals surface area (Å²) in [6.07, 6.45) is -1.20. The molecule has 0 aromatic rings. The number of esters is 2. The molecule has 1 saturated heterocycles. The third kappa shape index (κ3) is 4.63. The quantitative estimate of drug-likeness (QED) is 0.340. The number of carbonyl (C=O) groups excluding carboxylic acids is 4. The molecule has 0 radical (unpaired) electrons. The summed E-state index contributed by atoms with van der Waals surface area (Å²) in [6, 6.07) is 0. The van der Waals surface area contributed by atoms with E-state index in [9.17, 15) is 27.6 Å². The van der Waals surface area contributed by atoms with Crippen LogP contribution in [0.3, 0.4) is 0 Å². The van der Waals surface area contributed by atoms with Gasteiger partial charge >= 0.3 is 18.0 Å². The maximum absolute atomic E-state index is 13.1. The molecule has 2 fully saturated rings. The zero-order chi connectivity index (χ0) is 23.8. The number of rotatable bonds is 6. The average molecular weight is 463 g/mol. The molecule has 1 heterocycles. The lowest BCUT2D eigenvalue weighted by Gasteiger charge is -2.39. The van der Waals surface area contributed by atoms with E-state index in [1.807, 2.05) is 0 Å². The smallest absolute Gasteiger partial charge is 0.426 e. The Balaban J connectivity index is 2.57. The molecule has 0 aromatic heterocycles. The Morgan fingerprint density at radius 3 is 2.13 bits per heavy atom. The molecule has 2 rings (SSSR count). The largest absolute Gasteiger partial charge is 0.466 e. The molecule has 2 aliphatic rings. The predicted molar refractivity (Wildman–Crippen MR) is 107 cm³/mol. The lowest BCUT2D eigenvalue weighted by Crippen LogP contribution is -2.67. The Bertz CT molecular complexity index is 864. The van der Waals surface area contributed by atoms with Crippen molar-refractivity contribution in [1.29, 1.82) is 0 Å². The van der Waals surface area contributed by atoms with Gasteiger partial charge < -0.3 is 14.2 Å². The van der Waals surface area contributed by atoms with Gasteiger partial charge in [0.05, 0.1) is 30.1 Å². The highest BCUT2D eigenvalue weighted by molar-refractivity contribution is 7.92. The molecule has 11 nitrogen and oxygen atoms in total. The fourth-order valence-corrected chi connectivity index (χ4v) is 6.73. The van der Waals surface area contributed by atoms with E-state index >= 15 is 0 Å². The second-order valence-electron chi connectivity index (χ2n) is 8.42. The molecule has 176 valence electrons. The van der Waals surface area contributed by atoms with E-state index in [4.69, 9.17) is 14.2 Å². The molecule has 1 saturated carbocycles. The lowest BCUT2D eigenvalue weighted by molar-refractivity contribution is -0.168. The molecule has 12 heteroatoms. The minimum Gasteiger partial charge on any atom is -0.466 e. The van der Waals surface area contributed by atoms with E-state index < -0.39 is 67.8 Å². The van der Waals surface area contributed by atoms with Crippen LogP contribution in [-0.4, -0.2) is 72.7 Å². The number of hydrazine groups is 1. The highest BCUT2D eigenvalue weighted by atomic mass is 32.2. The van der Waals surface area contributed by atoms with Crippen molar-refractivity contribution >= 4 is 33.8 Å². The van der Waals surface area contributed by atoms with E-state index in [0.29, 0.717) is 5.01 Å². The topological polar surface area (TPSA) is 145 Å². The number of sulfone groups is 1. The van der Waals surface area contributed by atoms with E-state index in [-0.39, 0.29) is 19.6 Å². The standard InChI is InChI=1S/C19H30N2O9S/c1-7-11(22)21(20-17(25)30-18(4,5)6)19(16(24)29-9-3)10-31(26,27)14-12(13(14)19)15(23)28-8-2/h12-14H,7-10H2,1-6H3,(H,20,25)/t12-,13-,14+,19+/m1/s1. The normalized spacial score (nSPS) is 28.1. The van der Waals surface area contributed by atoms with E-state index in [2.05, 4.69) is 5.43 Å². The highest BCUT2D eigenvalue weighted by Gasteiger charge is 2.81. The van der Waals surface area contributed by atoms with Gasteiger partial charge in [0, 0.05) is 12.3 Å². The second kappa shape index (κ2) is 8.64. The Hall–Kier alpha value is -2.37. The predicted octanol–water partition coefficient (Wildman–Crippen LogP) is 0.573. The van der Waals surface area contributed by atoms with Crippen molar-refractivity contribution < 1.29 is 41.8 Å². The van der Waals surface area contributed by atoms with Gasteiger partial charge in [0.1, 0.15) is 5.60 Å². The van der Waals surface area contributed by atoms with Gasteiger partial charge in [0.15, 0.2) is 15.4 Å². The molecule has 0 bridgehead atoms. The van der Waals surface area contributed by atoms with Crippen LogP contribution in [0, 0.1) is 11.8 Å². The molecule has 0 unspecified atom stereocenters. The van der Waals surface area contributed by atoms with Crippen LogP contribution in [-0.2, 0) is 38.4 Å². The van der Waals surface area contributed by atoms with Crippen molar-refractivity contribution in [2.75, 3.05) is 19.0 Å². The molecule has 31 heavy (non-hydrogen) atoms. The van der Waals surface area contributed by atoms with Crippen molar-refractivity contribution in [3.05, 3.63) is 0 Å². The van der Waals surface area contributed by atoms with Crippen molar-refractivity contribution in [3.8, 4) is 0 Å². The molecule has 2 amide bonds. The molecule has 1 N–H and O–H groups in total. The summed E-state index contributed by atoms with van der Waals surface area (Å²) in [5.74, 6) is -5.57. The van der Waals surface area contributed by atoms with E-state index in [1.54, 1.807) is 27.7 Å². The van der Waals surface area contributed by atoms with Crippen molar-refractivity contribution in [3.63, 3.8) is 0 Å². The maximum atomic E-state index is 13.1. The maximum Gasteiger partial charge on any atom is 0.426 e. The first kappa shape index (κ1) is 24.9. The number of ether oxygens (including phenoxy) is 3. The van der Waals surface area contributed by atoms with Gasteiger partial charge in [-0.1, -0.05) is 6.92 Å². The van der Waals surface area contributed by atoms with Crippen LogP contribution in [0.25, 0.3) is 0 Å². The second-order valence-corrected chi connectivity index (χ2v) is 10.6. The minimum atomic E-state index is -3.98. The summed E-state index contributed by atoms with van der Waals surface area (Å²) in [7, 11) is -3.98. The van der Waals surface area contributed by atoms with Gasteiger partial charge in [-0.2, -0.15) is 0 Å². The van der Waals surface area contributed by atoms with Crippen LogP contribution in [0.15, 0.2) is 0 Å². The third-order valence-corrected chi connectivity index (χ3v) is 7.34. The van der Waals surface area contributed by atoms with E-state index in [1.165, 1.54) is 13.8 Å². The molecular formula is C19H30N2O9S. The van der Waals surface area contributed by atoms with Crippen LogP contribution in [0.2, 0.25) is 0 Å². The zero-order valence-corrected chi connectivity index (χ0v) is 19.4. The third-order valence-electron chi connectivity index (χ3n) is 5.08. The Morgan fingerprint density at radius 1 is 1.06 bits per heavy atom. The fourth-order valence-electron chi connectivity index (χ4n) is 4.01. The SMILES string of the molecule is CCOC(=O)[C@@H]1[C@@H]2[C@H]1S(=O)(=O)C[C@]2(C(=O)OCC)N(NC(=O)OC(C)(C)C)C(=O)CC. The Morgan fingerprint density at radius 2 is 1.65 bits per heavy atom. The zero-order valence-electron chi connectivity index (χ0n) is 18.6. The summed E-state index contributed by atoms with van der Waals surface area (Å²) < 4.78 is 41.0. The number of carbonyl (C=O) groups is 4. The summed E-state index contributed by atoms with van der Waals surface area (Å²) >= 11 is 0. The molecule has 0 aromatic carbocycles. The van der Waals surface area contributed by atoms with Gasteiger partial charge in [-0.25, -0.2) is 28.4 Å². The average Bonchev–Trinajstić information content (AvgIpc) is 3.35. The minimum absolute atomic E-state index is 0.0228. The summed E-state index contributed by atoms with van der Waals surface area (Å²) in [6.45, 7) is 9.32. The monoisotopic (exact) mass is 462 g/mol. The van der Waals surface area contributed by atoms with Gasteiger partial charge in [0.2, 0.25) is 5.91 Å². The number of hydrogen-bond acceptors (Lipinski definition) is 9. The van der Waals surface area contributed by atoms with Crippen LogP contribution < -0.4 is 5.43 Å². The van der Waals surface area contributed by atoms with Crippen LogP contribution in [0.4, 0.5) is 4.79 Å². The van der Waals surface area contributed by atoms with Gasteiger partial charge in [-0.05, 0) is 34.6 Å². The summed E-state index contributed by atoms with van der Waals surface area (Å²) in [4.78, 5) is 50.8. The van der Waals surface area contributed by atoms with Crippen molar-refractivity contribution in [1.82, 2.24) is 10.4 Å². The lowest BCUT2D eigenvalue weighted by atomic mass is 9.92. The molecule has 1 aliphatic heterocycles. The van der Waals surface area contributed by atoms with Gasteiger partial charge in [0.25, 0.3) is 0 Å². The number of amides is 2. The molecule has 4 atom stereocenters. The Kier molecular flexibility index (Phi) is 6.94. The fraction of sp³-hybridized carbons (Fsp3) is 0.789. The Labute approximate surface area is 181 Å². The first-order valence-electron chi connectivity index (χ1n) is 10.1. The number of nitrogens with one attached hydrogen (secondary N) is 1. The van der Waals surface area contributed by atoms with Crippen molar-refractivity contribution in [2.45, 2.75) is 64.4 Å². The first-order chi connectivity index (χ1) is 14.3. The molecule has 0 spiro atoms. The van der Waals surface area contributed by atoms with Crippen molar-refractivity contribution in [2.24, 2.45) is 11.8 Å². The van der Waals surface area contributed by atoms with Crippen LogP contribution in [0.1, 0.15) is 48.0 Å². The highest BCUT2D eigenvalue weighted by Crippen LogP contribution is 2.60. The van der Waals surface area contributed by atoms with Gasteiger partial charge in [-0.3, -0.25) is 9.59 Å². The first-order valence-corrected chi connectivity index (χ1v) is 11.9. The van der Waals surface area contributed by atoms with Crippen LogP contribution in [0.5, 0.6) is 0 Å². The van der Waals surface area contributed by atoms with E-state index in [0.717, 1.165) is 0 Å². The number of nitrogens with zero attached hydrogens (tertiary/aromatic N) is 1. The van der Waals surface area contributed by atoms with Gasteiger partial charge in [-0.15, -0.1) is 0 Å². The molecule has 1 aliphatic carbocycles. The number of fused-ring (bicyclic) bond motifs is 1. The number of hydrogen-bond donors (Lipinski definition) is 1. The van der Waals surface area contributed by atoms with Crippen LogP contribution >= 0.6 is 0 Å².